The number of methoxy groups -OCH3 is 2. The second-order valence-corrected chi connectivity index (χ2v) is 9.88. The number of rotatable bonds is 7. The highest BCUT2D eigenvalue weighted by molar-refractivity contribution is 5.97. The molecule has 1 aromatic carbocycles. The quantitative estimate of drug-likeness (QED) is 0.695. The molecule has 4 aliphatic rings. The second-order valence-electron chi connectivity index (χ2n) is 9.88. The van der Waals surface area contributed by atoms with Crippen LogP contribution in [0.15, 0.2) is 18.2 Å². The van der Waals surface area contributed by atoms with Crippen LogP contribution in [-0.2, 0) is 11.3 Å². The maximum absolute atomic E-state index is 12.8. The van der Waals surface area contributed by atoms with Gasteiger partial charge in [-0.15, -0.1) is 0 Å². The summed E-state index contributed by atoms with van der Waals surface area (Å²) in [5, 5.41) is 5.79. The molecule has 0 heterocycles. The molecule has 1 atom stereocenters. The van der Waals surface area contributed by atoms with Gasteiger partial charge in [-0.3, -0.25) is 15.0 Å². The highest BCUT2D eigenvalue weighted by Gasteiger charge is 2.51. The maximum Gasteiger partial charge on any atom is 0.321 e. The highest BCUT2D eigenvalue weighted by Crippen LogP contribution is 2.55. The van der Waals surface area contributed by atoms with Crippen LogP contribution in [0.2, 0.25) is 0 Å². The van der Waals surface area contributed by atoms with Crippen LogP contribution in [0.25, 0.3) is 0 Å². The second kappa shape index (κ2) is 8.69. The van der Waals surface area contributed by atoms with Gasteiger partial charge in [0.2, 0.25) is 5.91 Å². The van der Waals surface area contributed by atoms with Gasteiger partial charge in [-0.2, -0.15) is 0 Å². The molecule has 0 spiro atoms. The average molecular weight is 430 g/mol. The molecule has 5 rings (SSSR count). The van der Waals surface area contributed by atoms with Gasteiger partial charge in [0, 0.05) is 17.6 Å². The molecule has 2 N–H and O–H groups in total. The molecule has 0 unspecified atom stereocenters. The standard InChI is InChI=1S/C24H35N3O4/c1-15(27(2)14-19-6-5-7-20(30-3)21(19)31-4)22(28)25-23(29)26-24-11-16-8-17(12-24)10-18(9-16)13-24/h5-7,15-18H,8-14H2,1-4H3,(H2,25,26,28,29)/t15-,16?,17?,18?,24?/m0/s1. The highest BCUT2D eigenvalue weighted by atomic mass is 16.5. The number of imide groups is 1. The molecule has 4 saturated carbocycles. The number of benzene rings is 1. The first kappa shape index (κ1) is 21.9. The third-order valence-corrected chi connectivity index (χ3v) is 7.60. The predicted molar refractivity (Wildman–Crippen MR) is 118 cm³/mol. The van der Waals surface area contributed by atoms with Crippen molar-refractivity contribution in [3.8, 4) is 11.5 Å². The van der Waals surface area contributed by atoms with Crippen molar-refractivity contribution in [1.29, 1.82) is 0 Å². The van der Waals surface area contributed by atoms with Crippen LogP contribution in [-0.4, -0.2) is 49.7 Å². The predicted octanol–water partition coefficient (Wildman–Crippen LogP) is 3.32. The lowest BCUT2D eigenvalue weighted by Gasteiger charge is -2.56. The zero-order valence-electron chi connectivity index (χ0n) is 19.1. The molecule has 0 saturated heterocycles. The largest absolute Gasteiger partial charge is 0.493 e. The van der Waals surface area contributed by atoms with Crippen LogP contribution in [0.3, 0.4) is 0 Å². The van der Waals surface area contributed by atoms with E-state index in [1.165, 1.54) is 19.3 Å². The van der Waals surface area contributed by atoms with Gasteiger partial charge in [-0.1, -0.05) is 12.1 Å². The summed E-state index contributed by atoms with van der Waals surface area (Å²) in [6.45, 7) is 2.30. The topological polar surface area (TPSA) is 79.9 Å². The minimum Gasteiger partial charge on any atom is -0.493 e. The normalized spacial score (nSPS) is 29.5. The molecular weight excluding hydrogens is 394 g/mol. The van der Waals surface area contributed by atoms with Crippen molar-refractivity contribution in [2.75, 3.05) is 21.3 Å². The first-order chi connectivity index (χ1) is 14.8. The summed E-state index contributed by atoms with van der Waals surface area (Å²) in [5.41, 5.74) is 0.810. The van der Waals surface area contributed by atoms with Gasteiger partial charge in [0.15, 0.2) is 11.5 Å². The van der Waals surface area contributed by atoms with Crippen molar-refractivity contribution in [3.05, 3.63) is 23.8 Å². The average Bonchev–Trinajstić information content (AvgIpc) is 2.71. The van der Waals surface area contributed by atoms with Crippen molar-refractivity contribution in [1.82, 2.24) is 15.5 Å². The number of amides is 3. The molecule has 31 heavy (non-hydrogen) atoms. The number of hydrogen-bond acceptors (Lipinski definition) is 5. The van der Waals surface area contributed by atoms with E-state index in [0.29, 0.717) is 18.0 Å². The lowest BCUT2D eigenvalue weighted by molar-refractivity contribution is -0.124. The monoisotopic (exact) mass is 429 g/mol. The number of likely N-dealkylation sites (N-methyl/N-ethyl adjacent to an activating group) is 1. The van der Waals surface area contributed by atoms with Crippen LogP contribution in [0.4, 0.5) is 4.79 Å². The van der Waals surface area contributed by atoms with Gasteiger partial charge in [-0.25, -0.2) is 4.79 Å². The number of carbonyl (C=O) groups excluding carboxylic acids is 2. The van der Waals surface area contributed by atoms with Crippen molar-refractivity contribution in [2.45, 2.75) is 63.6 Å². The Balaban J connectivity index is 1.34. The number of nitrogens with one attached hydrogen (secondary N) is 2. The van der Waals surface area contributed by atoms with Crippen molar-refractivity contribution in [2.24, 2.45) is 17.8 Å². The lowest BCUT2D eigenvalue weighted by atomic mass is 9.53. The smallest absolute Gasteiger partial charge is 0.321 e. The van der Waals surface area contributed by atoms with Crippen molar-refractivity contribution >= 4 is 11.9 Å². The molecule has 170 valence electrons. The number of para-hydroxylation sites is 1. The Bertz CT molecular complexity index is 805. The third-order valence-electron chi connectivity index (χ3n) is 7.60. The van der Waals surface area contributed by atoms with E-state index in [2.05, 4.69) is 10.6 Å². The van der Waals surface area contributed by atoms with Gasteiger partial charge in [0.25, 0.3) is 0 Å². The number of carbonyl (C=O) groups is 2. The summed E-state index contributed by atoms with van der Waals surface area (Å²) < 4.78 is 10.8. The SMILES string of the molecule is COc1cccc(CN(C)[C@@H](C)C(=O)NC(=O)NC23CC4CC(CC(C4)C2)C3)c1OC. The fraction of sp³-hybridized carbons (Fsp3) is 0.667. The van der Waals surface area contributed by atoms with Gasteiger partial charge < -0.3 is 14.8 Å². The molecule has 4 bridgehead atoms. The van der Waals surface area contributed by atoms with Crippen molar-refractivity contribution < 1.29 is 19.1 Å². The van der Waals surface area contributed by atoms with Gasteiger partial charge in [-0.05, 0) is 76.3 Å². The zero-order chi connectivity index (χ0) is 22.2. The van der Waals surface area contributed by atoms with Crippen LogP contribution in [0.5, 0.6) is 11.5 Å². The Morgan fingerprint density at radius 2 is 1.71 bits per heavy atom. The minimum atomic E-state index is -0.474. The van der Waals surface area contributed by atoms with E-state index in [9.17, 15) is 9.59 Å². The molecule has 7 heteroatoms. The fourth-order valence-electron chi connectivity index (χ4n) is 6.44. The summed E-state index contributed by atoms with van der Waals surface area (Å²) in [4.78, 5) is 27.4. The Morgan fingerprint density at radius 1 is 1.10 bits per heavy atom. The molecular formula is C24H35N3O4. The first-order valence-electron chi connectivity index (χ1n) is 11.4. The number of urea groups is 1. The van der Waals surface area contributed by atoms with E-state index < -0.39 is 6.04 Å². The summed E-state index contributed by atoms with van der Waals surface area (Å²) in [7, 11) is 5.07. The van der Waals surface area contributed by atoms with Gasteiger partial charge >= 0.3 is 6.03 Å². The van der Waals surface area contributed by atoms with Crippen LogP contribution in [0, 0.1) is 17.8 Å². The molecule has 4 fully saturated rings. The van der Waals surface area contributed by atoms with E-state index in [-0.39, 0.29) is 17.5 Å². The van der Waals surface area contributed by atoms with Crippen molar-refractivity contribution in [3.63, 3.8) is 0 Å². The number of ether oxygens (including phenoxy) is 2. The number of nitrogens with zero attached hydrogens (tertiary/aromatic N) is 1. The summed E-state index contributed by atoms with van der Waals surface area (Å²) in [5.74, 6) is 3.23. The van der Waals surface area contributed by atoms with E-state index >= 15 is 0 Å². The molecule has 0 aliphatic heterocycles. The van der Waals surface area contributed by atoms with Gasteiger partial charge in [0.05, 0.1) is 20.3 Å². The Labute approximate surface area is 184 Å². The zero-order valence-corrected chi connectivity index (χ0v) is 19.1. The molecule has 0 aromatic heterocycles. The fourth-order valence-corrected chi connectivity index (χ4v) is 6.44. The molecule has 7 nitrogen and oxygen atoms in total. The van der Waals surface area contributed by atoms with Crippen LogP contribution in [0.1, 0.15) is 51.0 Å². The summed E-state index contributed by atoms with van der Waals surface area (Å²) in [6, 6.07) is 4.85. The van der Waals surface area contributed by atoms with E-state index in [1.807, 2.05) is 30.1 Å². The Morgan fingerprint density at radius 3 is 2.26 bits per heavy atom. The molecule has 1 aromatic rings. The summed E-state index contributed by atoms with van der Waals surface area (Å²) >= 11 is 0. The van der Waals surface area contributed by atoms with E-state index in [1.54, 1.807) is 21.1 Å². The maximum atomic E-state index is 12.8. The summed E-state index contributed by atoms with van der Waals surface area (Å²) in [6.07, 6.45) is 7.13. The Hall–Kier alpha value is -2.28. The van der Waals surface area contributed by atoms with Gasteiger partial charge in [0.1, 0.15) is 0 Å². The molecule has 3 amide bonds. The van der Waals surface area contributed by atoms with E-state index in [0.717, 1.165) is 42.6 Å². The molecule has 0 radical (unpaired) electrons. The minimum absolute atomic E-state index is 0.109. The first-order valence-corrected chi connectivity index (χ1v) is 11.4. The molecule has 4 aliphatic carbocycles. The van der Waals surface area contributed by atoms with Crippen LogP contribution >= 0.6 is 0 Å². The Kier molecular flexibility index (Phi) is 6.15. The number of hydrogen-bond donors (Lipinski definition) is 2. The third kappa shape index (κ3) is 4.52. The van der Waals surface area contributed by atoms with E-state index in [4.69, 9.17) is 9.47 Å². The lowest BCUT2D eigenvalue weighted by Crippen LogP contribution is -2.62. The van der Waals surface area contributed by atoms with Crippen LogP contribution < -0.4 is 20.1 Å².